The lowest BCUT2D eigenvalue weighted by Crippen LogP contribution is -2.50. The molecule has 0 radical (unpaired) electrons. The second-order valence-corrected chi connectivity index (χ2v) is 11.0. The van der Waals surface area contributed by atoms with Crippen LogP contribution in [0.4, 0.5) is 4.79 Å². The Labute approximate surface area is 244 Å². The highest BCUT2D eigenvalue weighted by Crippen LogP contribution is 2.43. The molecule has 41 heavy (non-hydrogen) atoms. The summed E-state index contributed by atoms with van der Waals surface area (Å²) in [5.74, 6) is -0.249. The number of hydrogen-bond donors (Lipinski definition) is 1. The molecule has 0 bridgehead atoms. The van der Waals surface area contributed by atoms with Crippen LogP contribution in [0, 0.1) is 0 Å². The van der Waals surface area contributed by atoms with Crippen molar-refractivity contribution in [1.82, 2.24) is 29.7 Å². The summed E-state index contributed by atoms with van der Waals surface area (Å²) >= 11 is 6.53. The third-order valence-corrected chi connectivity index (χ3v) is 7.61. The van der Waals surface area contributed by atoms with Crippen LogP contribution in [0.25, 0.3) is 11.6 Å². The van der Waals surface area contributed by atoms with Crippen LogP contribution in [-0.4, -0.2) is 82.3 Å². The van der Waals surface area contributed by atoms with Gasteiger partial charge in [0.15, 0.2) is 0 Å². The van der Waals surface area contributed by atoms with Crippen LogP contribution in [0.15, 0.2) is 49.1 Å². The third kappa shape index (κ3) is 6.14. The first-order valence-electron chi connectivity index (χ1n) is 13.7. The summed E-state index contributed by atoms with van der Waals surface area (Å²) in [5, 5.41) is 3.76. The summed E-state index contributed by atoms with van der Waals surface area (Å²) in [6.45, 7) is 5.99. The van der Waals surface area contributed by atoms with Crippen molar-refractivity contribution in [2.75, 3.05) is 39.9 Å². The van der Waals surface area contributed by atoms with E-state index in [-0.39, 0.29) is 30.8 Å². The van der Waals surface area contributed by atoms with E-state index in [9.17, 15) is 9.59 Å². The maximum Gasteiger partial charge on any atom is 0.410 e. The summed E-state index contributed by atoms with van der Waals surface area (Å²) in [6.07, 6.45) is 6.89. The van der Waals surface area contributed by atoms with Gasteiger partial charge in [-0.05, 0) is 54.8 Å². The normalized spacial score (nSPS) is 17.8. The van der Waals surface area contributed by atoms with E-state index in [1.165, 1.54) is 7.11 Å². The quantitative estimate of drug-likeness (QED) is 0.451. The van der Waals surface area contributed by atoms with Gasteiger partial charge in [0.2, 0.25) is 5.91 Å². The van der Waals surface area contributed by atoms with Crippen LogP contribution in [-0.2, 0) is 21.3 Å². The largest absolute Gasteiger partial charge is 0.447 e. The number of aryl methyl sites for hydroxylation is 1. The van der Waals surface area contributed by atoms with Crippen LogP contribution in [0.3, 0.4) is 0 Å². The minimum atomic E-state index is -0.527. The van der Waals surface area contributed by atoms with Crippen molar-refractivity contribution in [1.29, 1.82) is 0 Å². The van der Waals surface area contributed by atoms with E-state index in [1.54, 1.807) is 23.6 Å². The van der Waals surface area contributed by atoms with Gasteiger partial charge in [-0.1, -0.05) is 23.7 Å². The number of piperazine rings is 1. The first kappa shape index (κ1) is 28.8. The van der Waals surface area contributed by atoms with Gasteiger partial charge >= 0.3 is 6.09 Å². The lowest BCUT2D eigenvalue weighted by molar-refractivity contribution is -0.125. The summed E-state index contributed by atoms with van der Waals surface area (Å²) in [4.78, 5) is 38.8. The van der Waals surface area contributed by atoms with E-state index in [1.807, 2.05) is 55.8 Å². The average molecular weight is 579 g/mol. The zero-order valence-electron chi connectivity index (χ0n) is 23.7. The van der Waals surface area contributed by atoms with Crippen LogP contribution in [0.5, 0.6) is 0 Å². The molecule has 216 valence electrons. The predicted octanol–water partition coefficient (Wildman–Crippen LogP) is 4.08. The number of hydrogen-bond acceptors (Lipinski definition) is 7. The van der Waals surface area contributed by atoms with Crippen LogP contribution < -0.4 is 5.32 Å². The maximum absolute atomic E-state index is 12.9. The molecule has 0 saturated carbocycles. The number of aromatic nitrogens is 3. The van der Waals surface area contributed by atoms with E-state index in [4.69, 9.17) is 26.1 Å². The second kappa shape index (κ2) is 12.4. The lowest BCUT2D eigenvalue weighted by Gasteiger charge is -2.39. The molecular formula is C30H35ClN6O4. The second-order valence-electron chi connectivity index (χ2n) is 10.5. The van der Waals surface area contributed by atoms with E-state index in [2.05, 4.69) is 21.3 Å². The minimum absolute atomic E-state index is 0.0733. The number of pyridine rings is 1. The number of benzene rings is 1. The van der Waals surface area contributed by atoms with Crippen molar-refractivity contribution in [3.63, 3.8) is 0 Å². The molecule has 2 aromatic heterocycles. The monoisotopic (exact) mass is 578 g/mol. The number of amides is 2. The summed E-state index contributed by atoms with van der Waals surface area (Å²) in [7, 11) is 3.39. The molecule has 3 heterocycles. The van der Waals surface area contributed by atoms with Gasteiger partial charge < -0.3 is 24.3 Å². The van der Waals surface area contributed by atoms with Crippen molar-refractivity contribution in [2.24, 2.45) is 7.05 Å². The first-order chi connectivity index (χ1) is 19.8. The molecule has 0 unspecified atom stereocenters. The van der Waals surface area contributed by atoms with E-state index < -0.39 is 6.04 Å². The molecule has 0 spiro atoms. The highest BCUT2D eigenvalue weighted by Gasteiger charge is 2.36. The number of rotatable bonds is 7. The van der Waals surface area contributed by atoms with Gasteiger partial charge in [-0.2, -0.15) is 0 Å². The molecule has 5 rings (SSSR count). The molecule has 1 fully saturated rings. The smallest absolute Gasteiger partial charge is 0.410 e. The van der Waals surface area contributed by atoms with Gasteiger partial charge in [-0.25, -0.2) is 9.78 Å². The minimum Gasteiger partial charge on any atom is -0.447 e. The molecule has 11 heteroatoms. The molecule has 1 aliphatic carbocycles. The van der Waals surface area contributed by atoms with Crippen molar-refractivity contribution in [2.45, 2.75) is 32.0 Å². The van der Waals surface area contributed by atoms with Crippen LogP contribution in [0.2, 0.25) is 5.02 Å². The standard InChI is InChI=1S/C30H35ClN6O4/c1-19(2)41-30(39)37-12-10-36(11-13-37)29-22-8-7-21(31)14-20(22)15-24(23-6-5-9-33-28(23)29)27(34-26(38)17-40-4)25-16-32-18-35(25)3/h5-9,14-16,18-19,27,29H,10-13,17H2,1-4H3,(H,34,38)/t27-,29+/m0/s1. The Hall–Kier alpha value is -3.73. The number of halogens is 1. The zero-order chi connectivity index (χ0) is 29.1. The molecule has 1 aromatic carbocycles. The first-order valence-corrected chi connectivity index (χ1v) is 14.0. The highest BCUT2D eigenvalue weighted by atomic mass is 35.5. The highest BCUT2D eigenvalue weighted by molar-refractivity contribution is 6.30. The lowest BCUT2D eigenvalue weighted by atomic mass is 9.92. The Morgan fingerprint density at radius 1 is 1.17 bits per heavy atom. The topological polar surface area (TPSA) is 102 Å². The molecule has 3 aromatic rings. The Kier molecular flexibility index (Phi) is 8.72. The number of methoxy groups -OCH3 is 1. The molecular weight excluding hydrogens is 544 g/mol. The molecule has 1 aliphatic heterocycles. The van der Waals surface area contributed by atoms with Crippen molar-refractivity contribution >= 4 is 35.3 Å². The molecule has 2 amide bonds. The summed E-state index contributed by atoms with van der Waals surface area (Å²) < 4.78 is 12.4. The molecule has 2 aliphatic rings. The summed E-state index contributed by atoms with van der Waals surface area (Å²) in [5.41, 5.74) is 5.45. The number of fused-ring (bicyclic) bond motifs is 2. The maximum atomic E-state index is 12.9. The molecule has 10 nitrogen and oxygen atoms in total. The van der Waals surface area contributed by atoms with Crippen molar-refractivity contribution in [3.05, 3.63) is 82.2 Å². The Balaban J connectivity index is 1.59. The number of carbonyl (C=O) groups is 2. The number of carbonyl (C=O) groups excluding carboxylic acids is 2. The number of imidazole rings is 1. The Bertz CT molecular complexity index is 1450. The molecule has 2 atom stereocenters. The van der Waals surface area contributed by atoms with Gasteiger partial charge in [0.1, 0.15) is 6.61 Å². The van der Waals surface area contributed by atoms with E-state index >= 15 is 0 Å². The third-order valence-electron chi connectivity index (χ3n) is 7.38. The zero-order valence-corrected chi connectivity index (χ0v) is 24.5. The van der Waals surface area contributed by atoms with Gasteiger partial charge in [-0.15, -0.1) is 0 Å². The van der Waals surface area contributed by atoms with Crippen LogP contribution in [0.1, 0.15) is 54.0 Å². The van der Waals surface area contributed by atoms with Gasteiger partial charge in [0.25, 0.3) is 0 Å². The van der Waals surface area contributed by atoms with Crippen molar-refractivity contribution in [3.8, 4) is 0 Å². The SMILES string of the molecule is COCC(=O)N[C@@H](C1=Cc2cc(Cl)ccc2[C@@H](N2CCN(C(=O)OC(C)C)CC2)c2ncccc21)c1cncn1C. The Morgan fingerprint density at radius 2 is 1.95 bits per heavy atom. The van der Waals surface area contributed by atoms with Crippen molar-refractivity contribution < 1.29 is 19.1 Å². The fourth-order valence-electron chi connectivity index (χ4n) is 5.53. The fourth-order valence-corrected chi connectivity index (χ4v) is 5.71. The predicted molar refractivity (Wildman–Crippen MR) is 156 cm³/mol. The number of ether oxygens (including phenoxy) is 2. The number of nitrogens with zero attached hydrogens (tertiary/aromatic N) is 5. The number of nitrogens with one attached hydrogen (secondary N) is 1. The fraction of sp³-hybridized carbons (Fsp3) is 0.400. The summed E-state index contributed by atoms with van der Waals surface area (Å²) in [6, 6.07) is 9.11. The Morgan fingerprint density at radius 3 is 2.63 bits per heavy atom. The van der Waals surface area contributed by atoms with Gasteiger partial charge in [0.05, 0.1) is 42.1 Å². The van der Waals surface area contributed by atoms with Gasteiger partial charge in [0, 0.05) is 57.1 Å². The van der Waals surface area contributed by atoms with Gasteiger partial charge in [-0.3, -0.25) is 14.7 Å². The van der Waals surface area contributed by atoms with E-state index in [0.29, 0.717) is 31.2 Å². The van der Waals surface area contributed by atoms with Crippen LogP contribution >= 0.6 is 11.6 Å². The average Bonchev–Trinajstić information content (AvgIpc) is 3.31. The molecule has 1 N–H and O–H groups in total. The molecule has 1 saturated heterocycles. The van der Waals surface area contributed by atoms with E-state index in [0.717, 1.165) is 33.7 Å².